The second-order valence-corrected chi connectivity index (χ2v) is 5.45. The van der Waals surface area contributed by atoms with Gasteiger partial charge in [-0.25, -0.2) is 0 Å². The van der Waals surface area contributed by atoms with E-state index in [9.17, 15) is 0 Å². The van der Waals surface area contributed by atoms with Crippen LogP contribution < -0.4 is 5.32 Å². The summed E-state index contributed by atoms with van der Waals surface area (Å²) >= 11 is 0. The van der Waals surface area contributed by atoms with E-state index in [-0.39, 0.29) is 0 Å². The quantitative estimate of drug-likeness (QED) is 0.909. The SMILES string of the molecule is c1ccc(Cn2cc(CC3CCCNC3)cn2)cc1. The van der Waals surface area contributed by atoms with E-state index in [4.69, 9.17) is 0 Å². The van der Waals surface area contributed by atoms with Gasteiger partial charge in [-0.15, -0.1) is 0 Å². The van der Waals surface area contributed by atoms with Gasteiger partial charge in [0, 0.05) is 6.20 Å². The van der Waals surface area contributed by atoms with Crippen LogP contribution in [0.1, 0.15) is 24.0 Å². The first-order chi connectivity index (χ1) is 9.40. The zero-order valence-corrected chi connectivity index (χ0v) is 11.3. The Morgan fingerprint density at radius 2 is 2.11 bits per heavy atom. The van der Waals surface area contributed by atoms with Gasteiger partial charge in [-0.05, 0) is 49.4 Å². The molecule has 1 fully saturated rings. The second kappa shape index (κ2) is 6.02. The van der Waals surface area contributed by atoms with Crippen LogP contribution >= 0.6 is 0 Å². The molecule has 3 heteroatoms. The van der Waals surface area contributed by atoms with E-state index in [0.29, 0.717) is 0 Å². The number of rotatable bonds is 4. The maximum Gasteiger partial charge on any atom is 0.0659 e. The number of hydrogen-bond acceptors (Lipinski definition) is 2. The zero-order valence-electron chi connectivity index (χ0n) is 11.3. The summed E-state index contributed by atoms with van der Waals surface area (Å²) < 4.78 is 2.04. The molecular weight excluding hydrogens is 234 g/mol. The highest BCUT2D eigenvalue weighted by Gasteiger charge is 2.14. The number of nitrogens with one attached hydrogen (secondary N) is 1. The van der Waals surface area contributed by atoms with Gasteiger partial charge in [0.05, 0.1) is 12.7 Å². The highest BCUT2D eigenvalue weighted by atomic mass is 15.3. The largest absolute Gasteiger partial charge is 0.316 e. The van der Waals surface area contributed by atoms with Crippen LogP contribution in [-0.4, -0.2) is 22.9 Å². The van der Waals surface area contributed by atoms with E-state index < -0.39 is 0 Å². The zero-order chi connectivity index (χ0) is 12.9. The Balaban J connectivity index is 1.59. The standard InChI is InChI=1S/C16H21N3/c1-2-5-14(6-3-1)12-19-13-16(11-18-19)9-15-7-4-8-17-10-15/h1-3,5-6,11,13,15,17H,4,7-10,12H2. The maximum absolute atomic E-state index is 4.47. The predicted octanol–water partition coefficient (Wildman–Crippen LogP) is 2.47. The Bertz CT molecular complexity index is 498. The highest BCUT2D eigenvalue weighted by Crippen LogP contribution is 2.16. The lowest BCUT2D eigenvalue weighted by Gasteiger charge is -2.21. The fraction of sp³-hybridized carbons (Fsp3) is 0.438. The van der Waals surface area contributed by atoms with Crippen LogP contribution in [0.5, 0.6) is 0 Å². The Morgan fingerprint density at radius 1 is 1.21 bits per heavy atom. The van der Waals surface area contributed by atoms with Gasteiger partial charge in [0.25, 0.3) is 0 Å². The summed E-state index contributed by atoms with van der Waals surface area (Å²) in [6.45, 7) is 3.21. The lowest BCUT2D eigenvalue weighted by atomic mass is 9.94. The third-order valence-electron chi connectivity index (χ3n) is 3.80. The van der Waals surface area contributed by atoms with Gasteiger partial charge in [-0.1, -0.05) is 30.3 Å². The first-order valence-corrected chi connectivity index (χ1v) is 7.16. The summed E-state index contributed by atoms with van der Waals surface area (Å²) in [6, 6.07) is 10.5. The Labute approximate surface area is 114 Å². The molecule has 19 heavy (non-hydrogen) atoms. The van der Waals surface area contributed by atoms with Crippen LogP contribution in [0.25, 0.3) is 0 Å². The van der Waals surface area contributed by atoms with Crippen molar-refractivity contribution in [2.45, 2.75) is 25.8 Å². The molecule has 1 unspecified atom stereocenters. The molecule has 1 aliphatic rings. The maximum atomic E-state index is 4.47. The summed E-state index contributed by atoms with van der Waals surface area (Å²) in [7, 11) is 0. The summed E-state index contributed by atoms with van der Waals surface area (Å²) in [5, 5.41) is 7.95. The van der Waals surface area contributed by atoms with E-state index in [1.807, 2.05) is 16.9 Å². The molecule has 0 spiro atoms. The second-order valence-electron chi connectivity index (χ2n) is 5.45. The molecule has 0 radical (unpaired) electrons. The average Bonchev–Trinajstić information content (AvgIpc) is 2.88. The van der Waals surface area contributed by atoms with Gasteiger partial charge < -0.3 is 5.32 Å². The highest BCUT2D eigenvalue weighted by molar-refractivity contribution is 5.15. The van der Waals surface area contributed by atoms with E-state index >= 15 is 0 Å². The van der Waals surface area contributed by atoms with Crippen molar-refractivity contribution in [1.82, 2.24) is 15.1 Å². The van der Waals surface area contributed by atoms with Crippen molar-refractivity contribution in [3.8, 4) is 0 Å². The van der Waals surface area contributed by atoms with Crippen molar-refractivity contribution in [1.29, 1.82) is 0 Å². The molecule has 1 aliphatic heterocycles. The Hall–Kier alpha value is -1.61. The summed E-state index contributed by atoms with van der Waals surface area (Å²) in [5.74, 6) is 0.781. The predicted molar refractivity (Wildman–Crippen MR) is 77.1 cm³/mol. The Kier molecular flexibility index (Phi) is 3.94. The first kappa shape index (κ1) is 12.4. The van der Waals surface area contributed by atoms with Crippen molar-refractivity contribution < 1.29 is 0 Å². The minimum atomic E-state index is 0.781. The fourth-order valence-electron chi connectivity index (χ4n) is 2.80. The average molecular weight is 255 g/mol. The fourth-order valence-corrected chi connectivity index (χ4v) is 2.80. The molecule has 0 bridgehead atoms. The molecule has 1 saturated heterocycles. The number of aromatic nitrogens is 2. The number of nitrogens with zero attached hydrogens (tertiary/aromatic N) is 2. The summed E-state index contributed by atoms with van der Waals surface area (Å²) in [6.07, 6.45) is 8.03. The monoisotopic (exact) mass is 255 g/mol. The van der Waals surface area contributed by atoms with Crippen molar-refractivity contribution >= 4 is 0 Å². The number of benzene rings is 1. The lowest BCUT2D eigenvalue weighted by molar-refractivity contribution is 0.376. The molecule has 0 amide bonds. The van der Waals surface area contributed by atoms with E-state index in [2.05, 4.69) is 40.9 Å². The van der Waals surface area contributed by atoms with E-state index in [0.717, 1.165) is 25.4 Å². The van der Waals surface area contributed by atoms with Gasteiger partial charge in [-0.2, -0.15) is 5.10 Å². The van der Waals surface area contributed by atoms with Gasteiger partial charge in [-0.3, -0.25) is 4.68 Å². The van der Waals surface area contributed by atoms with Crippen LogP contribution in [-0.2, 0) is 13.0 Å². The normalized spacial score (nSPS) is 19.5. The summed E-state index contributed by atoms with van der Waals surface area (Å²) in [4.78, 5) is 0. The molecule has 1 N–H and O–H groups in total. The molecule has 0 aliphatic carbocycles. The van der Waals surface area contributed by atoms with E-state index in [1.54, 1.807) is 0 Å². The van der Waals surface area contributed by atoms with Crippen LogP contribution in [0.3, 0.4) is 0 Å². The number of hydrogen-bond donors (Lipinski definition) is 1. The van der Waals surface area contributed by atoms with Crippen molar-refractivity contribution in [2.75, 3.05) is 13.1 Å². The summed E-state index contributed by atoms with van der Waals surface area (Å²) in [5.41, 5.74) is 2.67. The van der Waals surface area contributed by atoms with Gasteiger partial charge in [0.2, 0.25) is 0 Å². The van der Waals surface area contributed by atoms with E-state index in [1.165, 1.54) is 30.5 Å². The topological polar surface area (TPSA) is 29.9 Å². The van der Waals surface area contributed by atoms with Crippen LogP contribution in [0, 0.1) is 5.92 Å². The van der Waals surface area contributed by atoms with Crippen molar-refractivity contribution in [3.05, 3.63) is 53.9 Å². The van der Waals surface area contributed by atoms with Crippen LogP contribution in [0.4, 0.5) is 0 Å². The molecule has 2 aromatic rings. The first-order valence-electron chi connectivity index (χ1n) is 7.16. The molecule has 0 saturated carbocycles. The lowest BCUT2D eigenvalue weighted by Crippen LogP contribution is -2.30. The Morgan fingerprint density at radius 3 is 2.89 bits per heavy atom. The molecule has 1 atom stereocenters. The van der Waals surface area contributed by atoms with Crippen LogP contribution in [0.15, 0.2) is 42.7 Å². The minimum Gasteiger partial charge on any atom is -0.316 e. The number of piperidine rings is 1. The minimum absolute atomic E-state index is 0.781. The molecular formula is C16H21N3. The third-order valence-corrected chi connectivity index (χ3v) is 3.80. The molecule has 100 valence electrons. The van der Waals surface area contributed by atoms with Crippen molar-refractivity contribution in [3.63, 3.8) is 0 Å². The third kappa shape index (κ3) is 3.44. The van der Waals surface area contributed by atoms with Crippen LogP contribution in [0.2, 0.25) is 0 Å². The molecule has 1 aromatic heterocycles. The van der Waals surface area contributed by atoms with Gasteiger partial charge in [0.1, 0.15) is 0 Å². The molecule has 2 heterocycles. The molecule has 3 rings (SSSR count). The van der Waals surface area contributed by atoms with Gasteiger partial charge in [0.15, 0.2) is 0 Å². The van der Waals surface area contributed by atoms with Gasteiger partial charge >= 0.3 is 0 Å². The molecule has 1 aromatic carbocycles. The van der Waals surface area contributed by atoms with Crippen molar-refractivity contribution in [2.24, 2.45) is 5.92 Å². The smallest absolute Gasteiger partial charge is 0.0659 e. The molecule has 3 nitrogen and oxygen atoms in total.